The number of rotatable bonds is 1. The number of carbonyl (C=O) groups is 1. The van der Waals surface area contributed by atoms with Gasteiger partial charge in [0.2, 0.25) is 6.79 Å². The van der Waals surface area contributed by atoms with Crippen LogP contribution in [0.3, 0.4) is 0 Å². The van der Waals surface area contributed by atoms with Gasteiger partial charge in [-0.15, -0.1) is 0 Å². The Bertz CT molecular complexity index is 475. The highest BCUT2D eigenvalue weighted by atomic mass is 16.7. The van der Waals surface area contributed by atoms with Crippen molar-refractivity contribution in [3.63, 3.8) is 0 Å². The first-order chi connectivity index (χ1) is 8.77. The number of piperazine rings is 1. The smallest absolute Gasteiger partial charge is 0.258 e. The zero-order chi connectivity index (χ0) is 12.5. The van der Waals surface area contributed by atoms with E-state index in [1.54, 1.807) is 6.07 Å². The van der Waals surface area contributed by atoms with Crippen LogP contribution in [0, 0.1) is 0 Å². The predicted octanol–water partition coefficient (Wildman–Crippen LogP) is 0.849. The van der Waals surface area contributed by atoms with Crippen molar-refractivity contribution in [1.29, 1.82) is 0 Å². The Hall–Kier alpha value is -1.75. The summed E-state index contributed by atoms with van der Waals surface area (Å²) in [5, 5.41) is 3.27. The summed E-state index contributed by atoms with van der Waals surface area (Å²) in [5.41, 5.74) is 0.596. The molecule has 1 fully saturated rings. The molecular weight excluding hydrogens is 232 g/mol. The summed E-state index contributed by atoms with van der Waals surface area (Å²) in [6.07, 6.45) is 0. The lowest BCUT2D eigenvalue weighted by atomic mass is 10.1. The average Bonchev–Trinajstić information content (AvgIpc) is 2.86. The van der Waals surface area contributed by atoms with Gasteiger partial charge in [-0.1, -0.05) is 6.07 Å². The summed E-state index contributed by atoms with van der Waals surface area (Å²) in [4.78, 5) is 14.4. The summed E-state index contributed by atoms with van der Waals surface area (Å²) < 4.78 is 10.7. The molecule has 0 bridgehead atoms. The molecule has 96 valence electrons. The molecule has 2 aliphatic rings. The number of amides is 1. The third-order valence-electron chi connectivity index (χ3n) is 3.39. The van der Waals surface area contributed by atoms with Crippen molar-refractivity contribution in [1.82, 2.24) is 10.2 Å². The Morgan fingerprint density at radius 3 is 3.17 bits per heavy atom. The largest absolute Gasteiger partial charge is 0.454 e. The maximum Gasteiger partial charge on any atom is 0.258 e. The van der Waals surface area contributed by atoms with Gasteiger partial charge in [-0.05, 0) is 19.1 Å². The molecule has 0 spiro atoms. The second-order valence-corrected chi connectivity index (χ2v) is 4.59. The second-order valence-electron chi connectivity index (χ2n) is 4.59. The zero-order valence-electron chi connectivity index (χ0n) is 10.3. The fourth-order valence-corrected chi connectivity index (χ4v) is 2.40. The molecule has 1 atom stereocenters. The van der Waals surface area contributed by atoms with E-state index in [1.807, 2.05) is 24.0 Å². The van der Waals surface area contributed by atoms with E-state index in [1.165, 1.54) is 0 Å². The fourth-order valence-electron chi connectivity index (χ4n) is 2.40. The van der Waals surface area contributed by atoms with E-state index in [2.05, 4.69) is 5.32 Å². The molecule has 1 amide bonds. The topological polar surface area (TPSA) is 50.8 Å². The van der Waals surface area contributed by atoms with Crippen molar-refractivity contribution in [2.24, 2.45) is 0 Å². The SMILES string of the molecule is C[C@H]1CNCCN1C(=O)c1cccc2c1OCO2. The molecule has 0 saturated carbocycles. The van der Waals surface area contributed by atoms with E-state index in [-0.39, 0.29) is 18.7 Å². The molecule has 2 aliphatic heterocycles. The Labute approximate surface area is 106 Å². The maximum atomic E-state index is 12.5. The number of nitrogens with zero attached hydrogens (tertiary/aromatic N) is 1. The number of ether oxygens (including phenoxy) is 2. The minimum absolute atomic E-state index is 0.0198. The van der Waals surface area contributed by atoms with E-state index in [9.17, 15) is 4.79 Å². The van der Waals surface area contributed by atoms with Crippen LogP contribution >= 0.6 is 0 Å². The number of hydrogen-bond acceptors (Lipinski definition) is 4. The van der Waals surface area contributed by atoms with Gasteiger partial charge >= 0.3 is 0 Å². The van der Waals surface area contributed by atoms with Crippen molar-refractivity contribution in [2.45, 2.75) is 13.0 Å². The molecule has 0 radical (unpaired) electrons. The van der Waals surface area contributed by atoms with Gasteiger partial charge in [0.1, 0.15) is 0 Å². The molecule has 18 heavy (non-hydrogen) atoms. The van der Waals surface area contributed by atoms with Crippen molar-refractivity contribution in [2.75, 3.05) is 26.4 Å². The molecule has 0 aromatic heterocycles. The highest BCUT2D eigenvalue weighted by Gasteiger charge is 2.29. The monoisotopic (exact) mass is 248 g/mol. The Balaban J connectivity index is 1.90. The van der Waals surface area contributed by atoms with Crippen molar-refractivity contribution in [3.05, 3.63) is 23.8 Å². The number of fused-ring (bicyclic) bond motifs is 1. The average molecular weight is 248 g/mol. The molecule has 5 nitrogen and oxygen atoms in total. The van der Waals surface area contributed by atoms with Crippen LogP contribution in [0.1, 0.15) is 17.3 Å². The number of carbonyl (C=O) groups excluding carboxylic acids is 1. The number of nitrogens with one attached hydrogen (secondary N) is 1. The lowest BCUT2D eigenvalue weighted by Crippen LogP contribution is -2.52. The molecule has 1 saturated heterocycles. The summed E-state index contributed by atoms with van der Waals surface area (Å²) >= 11 is 0. The number of para-hydroxylation sites is 1. The minimum atomic E-state index is 0.0198. The van der Waals surface area contributed by atoms with Gasteiger partial charge < -0.3 is 19.7 Å². The summed E-state index contributed by atoms with van der Waals surface area (Å²) in [6, 6.07) is 5.64. The highest BCUT2D eigenvalue weighted by molar-refractivity contribution is 5.98. The third-order valence-corrected chi connectivity index (χ3v) is 3.39. The predicted molar refractivity (Wildman–Crippen MR) is 65.9 cm³/mol. The Morgan fingerprint density at radius 2 is 2.33 bits per heavy atom. The molecule has 0 unspecified atom stereocenters. The molecule has 3 rings (SSSR count). The summed E-state index contributed by atoms with van der Waals surface area (Å²) in [7, 11) is 0. The van der Waals surface area contributed by atoms with Crippen molar-refractivity contribution >= 4 is 5.91 Å². The first kappa shape index (κ1) is 11.3. The van der Waals surface area contributed by atoms with Gasteiger partial charge in [-0.2, -0.15) is 0 Å². The van der Waals surface area contributed by atoms with Gasteiger partial charge in [-0.25, -0.2) is 0 Å². The van der Waals surface area contributed by atoms with E-state index in [0.29, 0.717) is 17.1 Å². The van der Waals surface area contributed by atoms with Crippen molar-refractivity contribution < 1.29 is 14.3 Å². The highest BCUT2D eigenvalue weighted by Crippen LogP contribution is 2.36. The van der Waals surface area contributed by atoms with Crippen LogP contribution in [0.2, 0.25) is 0 Å². The van der Waals surface area contributed by atoms with Crippen LogP contribution < -0.4 is 14.8 Å². The zero-order valence-corrected chi connectivity index (χ0v) is 10.3. The minimum Gasteiger partial charge on any atom is -0.454 e. The lowest BCUT2D eigenvalue weighted by Gasteiger charge is -2.34. The second kappa shape index (κ2) is 4.49. The molecular formula is C13H16N2O3. The quantitative estimate of drug-likeness (QED) is 0.800. The van der Waals surface area contributed by atoms with E-state index >= 15 is 0 Å². The van der Waals surface area contributed by atoms with Crippen molar-refractivity contribution in [3.8, 4) is 11.5 Å². The third kappa shape index (κ3) is 1.80. The molecule has 0 aliphatic carbocycles. The normalized spacial score (nSPS) is 22.1. The first-order valence-electron chi connectivity index (χ1n) is 6.17. The van der Waals surface area contributed by atoms with Crippen LogP contribution in [-0.2, 0) is 0 Å². The standard InChI is InChI=1S/C13H16N2O3/c1-9-7-14-5-6-15(9)13(16)10-3-2-4-11-12(10)18-8-17-11/h2-4,9,14H,5-8H2,1H3/t9-/m0/s1. The maximum absolute atomic E-state index is 12.5. The van der Waals surface area contributed by atoms with Gasteiger partial charge in [0.05, 0.1) is 5.56 Å². The van der Waals surface area contributed by atoms with Crippen LogP contribution in [0.25, 0.3) is 0 Å². The van der Waals surface area contributed by atoms with Gasteiger partial charge in [0.25, 0.3) is 5.91 Å². The van der Waals surface area contributed by atoms with Gasteiger partial charge in [0, 0.05) is 25.7 Å². The molecule has 1 aromatic rings. The summed E-state index contributed by atoms with van der Waals surface area (Å²) in [5.74, 6) is 1.25. The van der Waals surface area contributed by atoms with Crippen LogP contribution in [0.15, 0.2) is 18.2 Å². The Morgan fingerprint density at radius 1 is 1.44 bits per heavy atom. The Kier molecular flexibility index (Phi) is 2.83. The van der Waals surface area contributed by atoms with Gasteiger partial charge in [-0.3, -0.25) is 4.79 Å². The van der Waals surface area contributed by atoms with Crippen LogP contribution in [-0.4, -0.2) is 43.3 Å². The van der Waals surface area contributed by atoms with E-state index in [4.69, 9.17) is 9.47 Å². The number of hydrogen-bond donors (Lipinski definition) is 1. The molecule has 5 heteroatoms. The van der Waals surface area contributed by atoms with Crippen LogP contribution in [0.4, 0.5) is 0 Å². The first-order valence-corrected chi connectivity index (χ1v) is 6.17. The summed E-state index contributed by atoms with van der Waals surface area (Å²) in [6.45, 7) is 4.63. The van der Waals surface area contributed by atoms with E-state index < -0.39 is 0 Å². The molecule has 1 N–H and O–H groups in total. The molecule has 2 heterocycles. The number of benzene rings is 1. The molecule has 1 aromatic carbocycles. The van der Waals surface area contributed by atoms with Gasteiger partial charge in [0.15, 0.2) is 11.5 Å². The van der Waals surface area contributed by atoms with E-state index in [0.717, 1.165) is 19.6 Å². The fraction of sp³-hybridized carbons (Fsp3) is 0.462. The van der Waals surface area contributed by atoms with Crippen LogP contribution in [0.5, 0.6) is 11.5 Å². The lowest BCUT2D eigenvalue weighted by molar-refractivity contribution is 0.0651.